The van der Waals surface area contributed by atoms with Crippen LogP contribution in [0.2, 0.25) is 5.02 Å². The van der Waals surface area contributed by atoms with Gasteiger partial charge >= 0.3 is 6.03 Å². The lowest BCUT2D eigenvalue weighted by molar-refractivity contribution is -0.132. The Morgan fingerprint density at radius 1 is 1.03 bits per heavy atom. The van der Waals surface area contributed by atoms with Crippen LogP contribution in [0.15, 0.2) is 54.7 Å². The van der Waals surface area contributed by atoms with Gasteiger partial charge in [0.1, 0.15) is 5.54 Å². The third kappa shape index (κ3) is 3.04. The van der Waals surface area contributed by atoms with Gasteiger partial charge in [0.15, 0.2) is 0 Å². The van der Waals surface area contributed by atoms with Gasteiger partial charge in [0, 0.05) is 40.9 Å². The van der Waals surface area contributed by atoms with E-state index in [0.717, 1.165) is 22.2 Å². The molecular formula is C22H21ClN4O2. The number of imide groups is 1. The molecule has 0 saturated carbocycles. The number of urea groups is 1. The van der Waals surface area contributed by atoms with Gasteiger partial charge in [-0.25, -0.2) is 4.79 Å². The number of H-pyrrole nitrogens is 1. The van der Waals surface area contributed by atoms with Crippen LogP contribution < -0.4 is 10.2 Å². The van der Waals surface area contributed by atoms with Gasteiger partial charge in [0.2, 0.25) is 0 Å². The van der Waals surface area contributed by atoms with Gasteiger partial charge in [-0.1, -0.05) is 41.9 Å². The van der Waals surface area contributed by atoms with Gasteiger partial charge in [-0.3, -0.25) is 9.69 Å². The molecule has 0 bridgehead atoms. The summed E-state index contributed by atoms with van der Waals surface area (Å²) in [5.41, 5.74) is 2.19. The lowest BCUT2D eigenvalue weighted by atomic mass is 9.87. The fourth-order valence-electron chi connectivity index (χ4n) is 4.43. The molecule has 0 radical (unpaired) electrons. The number of piperidine rings is 1. The Kier molecular flexibility index (Phi) is 4.24. The van der Waals surface area contributed by atoms with Crippen molar-refractivity contribution in [2.24, 2.45) is 0 Å². The van der Waals surface area contributed by atoms with E-state index in [1.54, 1.807) is 0 Å². The fourth-order valence-corrected chi connectivity index (χ4v) is 4.64. The van der Waals surface area contributed by atoms with Crippen LogP contribution in [0.25, 0.3) is 10.9 Å². The Labute approximate surface area is 173 Å². The molecule has 5 rings (SSSR count). The van der Waals surface area contributed by atoms with Gasteiger partial charge in [-0.05, 0) is 36.6 Å². The summed E-state index contributed by atoms with van der Waals surface area (Å²) in [6, 6.07) is 15.2. The minimum Gasteiger partial charge on any atom is -0.371 e. The summed E-state index contributed by atoms with van der Waals surface area (Å²) in [5, 5.41) is 4.77. The van der Waals surface area contributed by atoms with Crippen LogP contribution in [0.3, 0.4) is 0 Å². The van der Waals surface area contributed by atoms with Crippen molar-refractivity contribution in [2.45, 2.75) is 24.9 Å². The van der Waals surface area contributed by atoms with E-state index in [2.05, 4.69) is 15.2 Å². The molecule has 3 heterocycles. The molecular weight excluding hydrogens is 388 g/mol. The van der Waals surface area contributed by atoms with Crippen LogP contribution in [0.1, 0.15) is 18.4 Å². The van der Waals surface area contributed by atoms with Gasteiger partial charge in [0.05, 0.1) is 6.54 Å². The molecule has 0 unspecified atom stereocenters. The molecule has 1 spiro atoms. The lowest BCUT2D eigenvalue weighted by Crippen LogP contribution is -2.55. The van der Waals surface area contributed by atoms with E-state index >= 15 is 0 Å². The van der Waals surface area contributed by atoms with E-state index in [1.807, 2.05) is 54.7 Å². The number of carbonyl (C=O) groups excluding carboxylic acids is 2. The predicted molar refractivity (Wildman–Crippen MR) is 113 cm³/mol. The highest BCUT2D eigenvalue weighted by molar-refractivity contribution is 6.31. The van der Waals surface area contributed by atoms with Crippen molar-refractivity contribution in [3.05, 3.63) is 65.3 Å². The maximum absolute atomic E-state index is 13.2. The number of benzene rings is 2. The fraction of sp³-hybridized carbons (Fsp3) is 0.273. The highest BCUT2D eigenvalue weighted by atomic mass is 35.5. The molecule has 148 valence electrons. The third-order valence-electron chi connectivity index (χ3n) is 6.00. The number of rotatable bonds is 3. The molecule has 2 aromatic carbocycles. The van der Waals surface area contributed by atoms with Crippen molar-refractivity contribution in [2.75, 3.05) is 18.0 Å². The van der Waals surface area contributed by atoms with E-state index in [1.165, 1.54) is 4.90 Å². The second-order valence-electron chi connectivity index (χ2n) is 7.74. The molecule has 0 aliphatic carbocycles. The van der Waals surface area contributed by atoms with Crippen LogP contribution in [0.5, 0.6) is 0 Å². The van der Waals surface area contributed by atoms with Crippen molar-refractivity contribution < 1.29 is 9.59 Å². The number of amides is 3. The van der Waals surface area contributed by atoms with Crippen molar-refractivity contribution in [1.29, 1.82) is 0 Å². The first kappa shape index (κ1) is 18.1. The zero-order valence-corrected chi connectivity index (χ0v) is 16.6. The second kappa shape index (κ2) is 6.81. The number of nitrogens with zero attached hydrogens (tertiary/aromatic N) is 2. The topological polar surface area (TPSA) is 68.4 Å². The van der Waals surface area contributed by atoms with E-state index in [-0.39, 0.29) is 11.9 Å². The van der Waals surface area contributed by atoms with Crippen LogP contribution in [0.4, 0.5) is 10.5 Å². The number of fused-ring (bicyclic) bond motifs is 1. The largest absolute Gasteiger partial charge is 0.371 e. The monoisotopic (exact) mass is 408 g/mol. The molecule has 2 fully saturated rings. The number of nitrogens with one attached hydrogen (secondary N) is 2. The Bertz CT molecular complexity index is 1090. The summed E-state index contributed by atoms with van der Waals surface area (Å²) in [5.74, 6) is -0.121. The van der Waals surface area contributed by atoms with Crippen LogP contribution in [-0.4, -0.2) is 40.5 Å². The average Bonchev–Trinajstić information content (AvgIpc) is 3.28. The summed E-state index contributed by atoms with van der Waals surface area (Å²) in [4.78, 5) is 32.5. The smallest absolute Gasteiger partial charge is 0.325 e. The first-order chi connectivity index (χ1) is 14.1. The Morgan fingerprint density at radius 2 is 1.79 bits per heavy atom. The van der Waals surface area contributed by atoms with E-state index < -0.39 is 5.54 Å². The molecule has 0 atom stereocenters. The highest BCUT2D eigenvalue weighted by Crippen LogP contribution is 2.36. The summed E-state index contributed by atoms with van der Waals surface area (Å²) in [7, 11) is 0. The number of hydrogen-bond donors (Lipinski definition) is 2. The normalized spacial score (nSPS) is 18.7. The van der Waals surface area contributed by atoms with Gasteiger partial charge in [-0.2, -0.15) is 0 Å². The van der Waals surface area contributed by atoms with E-state index in [0.29, 0.717) is 37.5 Å². The zero-order chi connectivity index (χ0) is 20.0. The number of anilines is 1. The number of halogens is 1. The van der Waals surface area contributed by atoms with Gasteiger partial charge < -0.3 is 15.2 Å². The van der Waals surface area contributed by atoms with Crippen molar-refractivity contribution >= 4 is 40.1 Å². The number of aromatic amines is 1. The van der Waals surface area contributed by atoms with E-state index in [9.17, 15) is 9.59 Å². The van der Waals surface area contributed by atoms with Gasteiger partial charge in [0.25, 0.3) is 5.91 Å². The number of hydrogen-bond acceptors (Lipinski definition) is 3. The SMILES string of the molecule is O=C1NC2(CCN(c3cc(Cl)cc4[nH]ccc34)CC2)C(=O)N1Cc1ccccc1. The molecule has 29 heavy (non-hydrogen) atoms. The van der Waals surface area contributed by atoms with Crippen molar-refractivity contribution in [3.63, 3.8) is 0 Å². The predicted octanol–water partition coefficient (Wildman–Crippen LogP) is 3.91. The van der Waals surface area contributed by atoms with Crippen molar-refractivity contribution in [3.8, 4) is 0 Å². The summed E-state index contributed by atoms with van der Waals surface area (Å²) >= 11 is 6.29. The average molecular weight is 409 g/mol. The molecule has 3 aromatic rings. The first-order valence-electron chi connectivity index (χ1n) is 9.75. The summed E-state index contributed by atoms with van der Waals surface area (Å²) in [6.07, 6.45) is 3.04. The maximum atomic E-state index is 13.2. The second-order valence-corrected chi connectivity index (χ2v) is 8.18. The molecule has 2 N–H and O–H groups in total. The third-order valence-corrected chi connectivity index (χ3v) is 6.22. The number of aromatic nitrogens is 1. The summed E-state index contributed by atoms with van der Waals surface area (Å²) < 4.78 is 0. The molecule has 2 saturated heterocycles. The molecule has 3 amide bonds. The van der Waals surface area contributed by atoms with Gasteiger partial charge in [-0.15, -0.1) is 0 Å². The molecule has 2 aliphatic heterocycles. The molecule has 2 aliphatic rings. The Morgan fingerprint density at radius 3 is 2.55 bits per heavy atom. The minimum atomic E-state index is -0.807. The van der Waals surface area contributed by atoms with Crippen LogP contribution in [0, 0.1) is 0 Å². The molecule has 1 aromatic heterocycles. The molecule has 7 heteroatoms. The quantitative estimate of drug-likeness (QED) is 0.645. The standard InChI is InChI=1S/C22H21ClN4O2/c23-16-12-18-17(6-9-24-18)19(13-16)26-10-7-22(8-11-26)20(28)27(21(29)25-22)14-15-4-2-1-3-5-15/h1-6,9,12-13,24H,7-8,10-11,14H2,(H,25,29). The van der Waals surface area contributed by atoms with Crippen molar-refractivity contribution in [1.82, 2.24) is 15.2 Å². The van der Waals surface area contributed by atoms with E-state index in [4.69, 9.17) is 11.6 Å². The maximum Gasteiger partial charge on any atom is 0.325 e. The Balaban J connectivity index is 1.35. The Hall–Kier alpha value is -2.99. The minimum absolute atomic E-state index is 0.121. The van der Waals surface area contributed by atoms with Crippen LogP contribution in [-0.2, 0) is 11.3 Å². The lowest BCUT2D eigenvalue weighted by Gasteiger charge is -2.38. The highest BCUT2D eigenvalue weighted by Gasteiger charge is 2.52. The summed E-state index contributed by atoms with van der Waals surface area (Å²) in [6.45, 7) is 1.65. The first-order valence-corrected chi connectivity index (χ1v) is 10.1. The number of carbonyl (C=O) groups is 2. The molecule has 6 nitrogen and oxygen atoms in total. The van der Waals surface area contributed by atoms with Crippen LogP contribution >= 0.6 is 11.6 Å². The zero-order valence-electron chi connectivity index (χ0n) is 15.8.